The van der Waals surface area contributed by atoms with Gasteiger partial charge < -0.3 is 10.1 Å². The number of ether oxygens (including phenoxy) is 1. The Morgan fingerprint density at radius 2 is 2.31 bits per heavy atom. The summed E-state index contributed by atoms with van der Waals surface area (Å²) in [6, 6.07) is 7.87. The summed E-state index contributed by atoms with van der Waals surface area (Å²) in [5.41, 5.74) is 0.944. The number of rotatable bonds is 6. The molecule has 0 saturated carbocycles. The molecule has 0 bridgehead atoms. The lowest BCUT2D eigenvalue weighted by atomic mass is 10.3. The lowest BCUT2D eigenvalue weighted by Gasteiger charge is -2.07. The van der Waals surface area contributed by atoms with Crippen LogP contribution in [0.2, 0.25) is 0 Å². The number of halogens is 1. The Morgan fingerprint density at radius 1 is 1.50 bits per heavy atom. The van der Waals surface area contributed by atoms with Gasteiger partial charge in [-0.15, -0.1) is 0 Å². The minimum atomic E-state index is -0.202. The summed E-state index contributed by atoms with van der Waals surface area (Å²) in [7, 11) is 0. The van der Waals surface area contributed by atoms with Crippen molar-refractivity contribution in [1.82, 2.24) is 0 Å². The van der Waals surface area contributed by atoms with Gasteiger partial charge in [-0.3, -0.25) is 4.79 Å². The van der Waals surface area contributed by atoms with E-state index in [0.717, 1.165) is 22.1 Å². The van der Waals surface area contributed by atoms with Crippen molar-refractivity contribution in [2.45, 2.75) is 19.8 Å². The van der Waals surface area contributed by atoms with Crippen molar-refractivity contribution >= 4 is 34.2 Å². The second-order valence-corrected chi connectivity index (χ2v) is 4.68. The van der Waals surface area contributed by atoms with Gasteiger partial charge in [-0.25, -0.2) is 0 Å². The Hall–Kier alpha value is -0.780. The summed E-state index contributed by atoms with van der Waals surface area (Å²) >= 11 is 2.23. The predicted molar refractivity (Wildman–Crippen MR) is 73.5 cm³/mol. The number of unbranched alkanes of at least 4 members (excludes halogenated alkanes) is 1. The minimum Gasteiger partial charge on any atom is -0.464 e. The molecule has 1 N–H and O–H groups in total. The van der Waals surface area contributed by atoms with Crippen LogP contribution in [0.3, 0.4) is 0 Å². The molecule has 0 spiro atoms. The van der Waals surface area contributed by atoms with Gasteiger partial charge in [0.1, 0.15) is 6.54 Å². The highest BCUT2D eigenvalue weighted by atomic mass is 127. The summed E-state index contributed by atoms with van der Waals surface area (Å²) in [5, 5.41) is 3.03. The van der Waals surface area contributed by atoms with Crippen molar-refractivity contribution in [3.05, 3.63) is 27.8 Å². The molecule has 88 valence electrons. The van der Waals surface area contributed by atoms with E-state index < -0.39 is 0 Å². The minimum absolute atomic E-state index is 0.202. The fraction of sp³-hybridized carbons (Fsp3) is 0.417. The number of esters is 1. The van der Waals surface area contributed by atoms with E-state index in [0.29, 0.717) is 6.61 Å². The molecule has 0 radical (unpaired) electrons. The number of carbonyl (C=O) groups is 1. The molecule has 0 aliphatic rings. The smallest absolute Gasteiger partial charge is 0.325 e. The molecule has 0 aliphatic heterocycles. The van der Waals surface area contributed by atoms with E-state index in [1.54, 1.807) is 0 Å². The molecular weight excluding hydrogens is 317 g/mol. The van der Waals surface area contributed by atoms with E-state index in [2.05, 4.69) is 34.8 Å². The van der Waals surface area contributed by atoms with Gasteiger partial charge in [0.25, 0.3) is 0 Å². The Labute approximate surface area is 110 Å². The van der Waals surface area contributed by atoms with E-state index in [1.807, 2.05) is 24.3 Å². The third kappa shape index (κ3) is 5.34. The first-order chi connectivity index (χ1) is 7.72. The second-order valence-electron chi connectivity index (χ2n) is 3.44. The van der Waals surface area contributed by atoms with Crippen LogP contribution in [0.25, 0.3) is 0 Å². The zero-order chi connectivity index (χ0) is 11.8. The van der Waals surface area contributed by atoms with Crippen molar-refractivity contribution in [1.29, 1.82) is 0 Å². The highest BCUT2D eigenvalue weighted by Crippen LogP contribution is 2.11. The molecule has 0 fully saturated rings. The van der Waals surface area contributed by atoms with Gasteiger partial charge in [-0.2, -0.15) is 0 Å². The fourth-order valence-corrected chi connectivity index (χ4v) is 1.70. The maximum Gasteiger partial charge on any atom is 0.325 e. The van der Waals surface area contributed by atoms with Crippen LogP contribution in [0.1, 0.15) is 19.8 Å². The van der Waals surface area contributed by atoms with Crippen LogP contribution in [0.5, 0.6) is 0 Å². The molecule has 0 unspecified atom stereocenters. The van der Waals surface area contributed by atoms with Crippen molar-refractivity contribution < 1.29 is 9.53 Å². The third-order valence-corrected chi connectivity index (χ3v) is 2.69. The lowest BCUT2D eigenvalue weighted by Crippen LogP contribution is -2.17. The molecule has 16 heavy (non-hydrogen) atoms. The van der Waals surface area contributed by atoms with Gasteiger partial charge in [0, 0.05) is 9.26 Å². The summed E-state index contributed by atoms with van der Waals surface area (Å²) in [6.45, 7) is 2.81. The quantitative estimate of drug-likeness (QED) is 0.494. The molecule has 3 nitrogen and oxygen atoms in total. The van der Waals surface area contributed by atoms with Crippen LogP contribution in [0, 0.1) is 3.57 Å². The molecule has 0 amide bonds. The molecule has 4 heteroatoms. The highest BCUT2D eigenvalue weighted by molar-refractivity contribution is 14.1. The third-order valence-electron chi connectivity index (χ3n) is 2.02. The Bertz CT molecular complexity index is 342. The van der Waals surface area contributed by atoms with Crippen LogP contribution >= 0.6 is 22.6 Å². The first kappa shape index (κ1) is 13.3. The number of carbonyl (C=O) groups excluding carboxylic acids is 1. The first-order valence-corrected chi connectivity index (χ1v) is 6.45. The second kappa shape index (κ2) is 7.49. The van der Waals surface area contributed by atoms with E-state index in [9.17, 15) is 4.79 Å². The standard InChI is InChI=1S/C12H16INO2/c1-2-3-7-16-12(15)9-14-11-6-4-5-10(13)8-11/h4-6,8,14H,2-3,7,9H2,1H3. The van der Waals surface area contributed by atoms with Gasteiger partial charge in [0.15, 0.2) is 0 Å². The molecule has 1 rings (SSSR count). The van der Waals surface area contributed by atoms with Crippen LogP contribution < -0.4 is 5.32 Å². The van der Waals surface area contributed by atoms with Crippen LogP contribution in [0.15, 0.2) is 24.3 Å². The Kier molecular flexibility index (Phi) is 6.22. The number of benzene rings is 1. The van der Waals surface area contributed by atoms with Crippen molar-refractivity contribution in [3.63, 3.8) is 0 Å². The highest BCUT2D eigenvalue weighted by Gasteiger charge is 2.01. The summed E-state index contributed by atoms with van der Waals surface area (Å²) in [6.07, 6.45) is 1.96. The zero-order valence-electron chi connectivity index (χ0n) is 9.33. The number of anilines is 1. The van der Waals surface area contributed by atoms with Gasteiger partial charge in [-0.1, -0.05) is 19.4 Å². The normalized spacial score (nSPS) is 9.88. The monoisotopic (exact) mass is 333 g/mol. The first-order valence-electron chi connectivity index (χ1n) is 5.37. The SMILES string of the molecule is CCCCOC(=O)CNc1cccc(I)c1. The number of hydrogen-bond acceptors (Lipinski definition) is 3. The van der Waals surface area contributed by atoms with Crippen LogP contribution in [-0.2, 0) is 9.53 Å². The van der Waals surface area contributed by atoms with Gasteiger partial charge >= 0.3 is 5.97 Å². The largest absolute Gasteiger partial charge is 0.464 e. The zero-order valence-corrected chi connectivity index (χ0v) is 11.5. The number of nitrogens with one attached hydrogen (secondary N) is 1. The molecule has 1 aromatic carbocycles. The molecule has 0 heterocycles. The van der Waals surface area contributed by atoms with Crippen molar-refractivity contribution in [3.8, 4) is 0 Å². The van der Waals surface area contributed by atoms with Crippen molar-refractivity contribution in [2.24, 2.45) is 0 Å². The molecule has 0 atom stereocenters. The molecule has 0 aromatic heterocycles. The van der Waals surface area contributed by atoms with E-state index >= 15 is 0 Å². The topological polar surface area (TPSA) is 38.3 Å². The molecular formula is C12H16INO2. The van der Waals surface area contributed by atoms with Gasteiger partial charge in [-0.05, 0) is 47.2 Å². The van der Waals surface area contributed by atoms with E-state index in [1.165, 1.54) is 0 Å². The van der Waals surface area contributed by atoms with Crippen LogP contribution in [-0.4, -0.2) is 19.1 Å². The number of hydrogen-bond donors (Lipinski definition) is 1. The average molecular weight is 333 g/mol. The van der Waals surface area contributed by atoms with E-state index in [4.69, 9.17) is 4.74 Å². The Balaban J connectivity index is 2.26. The maximum absolute atomic E-state index is 11.3. The fourth-order valence-electron chi connectivity index (χ4n) is 1.15. The molecule has 1 aromatic rings. The predicted octanol–water partition coefficient (Wildman–Crippen LogP) is 3.05. The Morgan fingerprint density at radius 3 is 3.00 bits per heavy atom. The maximum atomic E-state index is 11.3. The van der Waals surface area contributed by atoms with E-state index in [-0.39, 0.29) is 12.5 Å². The average Bonchev–Trinajstić information content (AvgIpc) is 2.27. The lowest BCUT2D eigenvalue weighted by molar-refractivity contribution is -0.141. The van der Waals surface area contributed by atoms with Gasteiger partial charge in [0.2, 0.25) is 0 Å². The summed E-state index contributed by atoms with van der Waals surface area (Å²) in [5.74, 6) is -0.202. The molecule has 0 saturated heterocycles. The van der Waals surface area contributed by atoms with Gasteiger partial charge in [0.05, 0.1) is 6.61 Å². The summed E-state index contributed by atoms with van der Waals surface area (Å²) in [4.78, 5) is 11.3. The van der Waals surface area contributed by atoms with Crippen LogP contribution in [0.4, 0.5) is 5.69 Å². The summed E-state index contributed by atoms with van der Waals surface area (Å²) < 4.78 is 6.17. The molecule has 0 aliphatic carbocycles. The van der Waals surface area contributed by atoms with Crippen molar-refractivity contribution in [2.75, 3.05) is 18.5 Å².